The zero-order chi connectivity index (χ0) is 13.3. The Morgan fingerprint density at radius 1 is 1.06 bits per heavy atom. The van der Waals surface area contributed by atoms with Crippen LogP contribution in [0.5, 0.6) is 0 Å². The Labute approximate surface area is 131 Å². The van der Waals surface area contributed by atoms with Crippen molar-refractivity contribution in [1.29, 1.82) is 0 Å². The van der Waals surface area contributed by atoms with Crippen LogP contribution >= 0.6 is 55.1 Å². The van der Waals surface area contributed by atoms with Crippen molar-refractivity contribution < 1.29 is 4.39 Å². The highest BCUT2D eigenvalue weighted by Crippen LogP contribution is 2.38. The molecule has 18 heavy (non-hydrogen) atoms. The molecular formula is C13H7Br2Cl2F. The van der Waals surface area contributed by atoms with Crippen LogP contribution in [0.15, 0.2) is 40.9 Å². The van der Waals surface area contributed by atoms with Gasteiger partial charge in [-0.15, -0.1) is 0 Å². The fourth-order valence-corrected chi connectivity index (χ4v) is 3.34. The van der Waals surface area contributed by atoms with E-state index in [0.717, 1.165) is 11.1 Å². The van der Waals surface area contributed by atoms with Gasteiger partial charge in [-0.25, -0.2) is 4.39 Å². The Balaban J connectivity index is 2.44. The Morgan fingerprint density at radius 3 is 2.44 bits per heavy atom. The van der Waals surface area contributed by atoms with E-state index >= 15 is 0 Å². The minimum Gasteiger partial charge on any atom is -0.206 e. The van der Waals surface area contributed by atoms with E-state index in [1.54, 1.807) is 18.2 Å². The summed E-state index contributed by atoms with van der Waals surface area (Å²) in [4.78, 5) is -0.155. The number of hydrogen-bond donors (Lipinski definition) is 0. The third-order valence-corrected chi connectivity index (χ3v) is 5.09. The Morgan fingerprint density at radius 2 is 1.78 bits per heavy atom. The minimum absolute atomic E-state index is 0.155. The summed E-state index contributed by atoms with van der Waals surface area (Å²) in [6.07, 6.45) is 0. The van der Waals surface area contributed by atoms with E-state index in [-0.39, 0.29) is 10.6 Å². The number of benzene rings is 2. The quantitative estimate of drug-likeness (QED) is 0.502. The number of alkyl halides is 1. The molecule has 0 spiro atoms. The lowest BCUT2D eigenvalue weighted by molar-refractivity contribution is 0.619. The van der Waals surface area contributed by atoms with Gasteiger partial charge in [-0.05, 0) is 45.3 Å². The maximum Gasteiger partial charge on any atom is 0.137 e. The normalized spacial score (nSPS) is 12.5. The summed E-state index contributed by atoms with van der Waals surface area (Å²) in [6, 6.07) is 10.3. The molecule has 2 aromatic rings. The fourth-order valence-electron chi connectivity index (χ4n) is 1.57. The van der Waals surface area contributed by atoms with Crippen molar-refractivity contribution in [3.63, 3.8) is 0 Å². The molecule has 0 heterocycles. The van der Waals surface area contributed by atoms with Gasteiger partial charge >= 0.3 is 0 Å². The SMILES string of the molecule is Fc1cccc(C(Br)c2ccc(Cl)c(Cl)c2)c1Br. The summed E-state index contributed by atoms with van der Waals surface area (Å²) in [7, 11) is 0. The van der Waals surface area contributed by atoms with Gasteiger partial charge in [-0.3, -0.25) is 0 Å². The standard InChI is InChI=1S/C13H7Br2Cl2F/c14-12(7-4-5-9(16)10(17)6-7)8-2-1-3-11(18)13(8)15/h1-6,12H. The fraction of sp³-hybridized carbons (Fsp3) is 0.0769. The summed E-state index contributed by atoms with van der Waals surface area (Å²) < 4.78 is 13.9. The summed E-state index contributed by atoms with van der Waals surface area (Å²) in [6.45, 7) is 0. The van der Waals surface area contributed by atoms with E-state index in [0.29, 0.717) is 14.5 Å². The second-order valence-electron chi connectivity index (χ2n) is 3.68. The van der Waals surface area contributed by atoms with Gasteiger partial charge in [-0.2, -0.15) is 0 Å². The van der Waals surface area contributed by atoms with Crippen LogP contribution in [0.25, 0.3) is 0 Å². The molecule has 2 rings (SSSR count). The molecule has 0 fully saturated rings. The van der Waals surface area contributed by atoms with Crippen LogP contribution in [0.3, 0.4) is 0 Å². The first-order chi connectivity index (χ1) is 8.50. The third-order valence-electron chi connectivity index (χ3n) is 2.49. The van der Waals surface area contributed by atoms with E-state index < -0.39 is 0 Å². The molecular weight excluding hydrogens is 406 g/mol. The monoisotopic (exact) mass is 410 g/mol. The second kappa shape index (κ2) is 5.91. The predicted molar refractivity (Wildman–Crippen MR) is 81.3 cm³/mol. The van der Waals surface area contributed by atoms with Gasteiger partial charge in [-0.1, -0.05) is 57.3 Å². The zero-order valence-corrected chi connectivity index (χ0v) is 13.6. The highest BCUT2D eigenvalue weighted by Gasteiger charge is 2.16. The van der Waals surface area contributed by atoms with Gasteiger partial charge < -0.3 is 0 Å². The number of rotatable bonds is 2. The summed E-state index contributed by atoms with van der Waals surface area (Å²) in [5, 5.41) is 0.976. The van der Waals surface area contributed by atoms with Crippen LogP contribution in [0.1, 0.15) is 16.0 Å². The van der Waals surface area contributed by atoms with Gasteiger partial charge in [0.15, 0.2) is 0 Å². The lowest BCUT2D eigenvalue weighted by Crippen LogP contribution is -1.95. The third kappa shape index (κ3) is 2.90. The second-order valence-corrected chi connectivity index (χ2v) is 6.20. The van der Waals surface area contributed by atoms with Crippen LogP contribution < -0.4 is 0 Å². The highest BCUT2D eigenvalue weighted by atomic mass is 79.9. The van der Waals surface area contributed by atoms with E-state index in [2.05, 4.69) is 31.9 Å². The molecule has 1 unspecified atom stereocenters. The molecule has 0 radical (unpaired) electrons. The Kier molecular flexibility index (Phi) is 4.70. The lowest BCUT2D eigenvalue weighted by atomic mass is 10.0. The molecule has 0 aliphatic rings. The topological polar surface area (TPSA) is 0 Å². The molecule has 0 aliphatic carbocycles. The zero-order valence-electron chi connectivity index (χ0n) is 8.93. The molecule has 0 amide bonds. The first-order valence-electron chi connectivity index (χ1n) is 5.03. The van der Waals surface area contributed by atoms with Crippen LogP contribution in [0, 0.1) is 5.82 Å². The van der Waals surface area contributed by atoms with Crippen LogP contribution in [0.4, 0.5) is 4.39 Å². The Bertz CT molecular complexity index is 587. The summed E-state index contributed by atoms with van der Waals surface area (Å²) >= 11 is 18.6. The number of halogens is 5. The molecule has 0 aromatic heterocycles. The first kappa shape index (κ1) is 14.3. The van der Waals surface area contributed by atoms with Crippen molar-refractivity contribution in [2.24, 2.45) is 0 Å². The summed E-state index contributed by atoms with van der Waals surface area (Å²) in [5.41, 5.74) is 1.71. The van der Waals surface area contributed by atoms with Crippen molar-refractivity contribution in [1.82, 2.24) is 0 Å². The molecule has 0 aliphatic heterocycles. The van der Waals surface area contributed by atoms with Crippen molar-refractivity contribution in [3.8, 4) is 0 Å². The predicted octanol–water partition coefficient (Wildman–Crippen LogP) is 6.38. The molecule has 0 nitrogen and oxygen atoms in total. The van der Waals surface area contributed by atoms with E-state index in [1.807, 2.05) is 12.1 Å². The maximum absolute atomic E-state index is 13.5. The van der Waals surface area contributed by atoms with Gasteiger partial charge in [0.1, 0.15) is 5.82 Å². The number of hydrogen-bond acceptors (Lipinski definition) is 0. The van der Waals surface area contributed by atoms with Crippen molar-refractivity contribution >= 4 is 55.1 Å². The van der Waals surface area contributed by atoms with Crippen molar-refractivity contribution in [2.45, 2.75) is 4.83 Å². The van der Waals surface area contributed by atoms with Crippen LogP contribution in [0.2, 0.25) is 10.0 Å². The van der Waals surface area contributed by atoms with Gasteiger partial charge in [0.05, 0.1) is 19.3 Å². The van der Waals surface area contributed by atoms with E-state index in [4.69, 9.17) is 23.2 Å². The molecule has 2 aromatic carbocycles. The lowest BCUT2D eigenvalue weighted by Gasteiger charge is -2.13. The van der Waals surface area contributed by atoms with Gasteiger partial charge in [0.25, 0.3) is 0 Å². The Hall–Kier alpha value is -0.0900. The van der Waals surface area contributed by atoms with Crippen molar-refractivity contribution in [3.05, 3.63) is 67.9 Å². The first-order valence-corrected chi connectivity index (χ1v) is 7.50. The van der Waals surface area contributed by atoms with Gasteiger partial charge in [0.2, 0.25) is 0 Å². The molecule has 0 saturated heterocycles. The minimum atomic E-state index is -0.294. The van der Waals surface area contributed by atoms with E-state index in [1.165, 1.54) is 6.07 Å². The maximum atomic E-state index is 13.5. The van der Waals surface area contributed by atoms with Crippen molar-refractivity contribution in [2.75, 3.05) is 0 Å². The summed E-state index contributed by atoms with van der Waals surface area (Å²) in [5.74, 6) is -0.294. The van der Waals surface area contributed by atoms with E-state index in [9.17, 15) is 4.39 Å². The molecule has 94 valence electrons. The van der Waals surface area contributed by atoms with Gasteiger partial charge in [0, 0.05) is 0 Å². The van der Waals surface area contributed by atoms with Crippen LogP contribution in [-0.2, 0) is 0 Å². The van der Waals surface area contributed by atoms with Crippen LogP contribution in [-0.4, -0.2) is 0 Å². The molecule has 1 atom stereocenters. The smallest absolute Gasteiger partial charge is 0.137 e. The average molecular weight is 413 g/mol. The largest absolute Gasteiger partial charge is 0.206 e. The molecule has 0 saturated carbocycles. The molecule has 5 heteroatoms. The average Bonchev–Trinajstić information content (AvgIpc) is 2.35. The molecule has 0 bridgehead atoms. The molecule has 0 N–H and O–H groups in total. The highest BCUT2D eigenvalue weighted by molar-refractivity contribution is 9.11.